The van der Waals surface area contributed by atoms with E-state index in [-0.39, 0.29) is 6.03 Å². The number of rotatable bonds is 5. The molecule has 0 aliphatic heterocycles. The first-order chi connectivity index (χ1) is 12.6. The molecule has 0 atom stereocenters. The van der Waals surface area contributed by atoms with Crippen molar-refractivity contribution in [2.45, 2.75) is 6.92 Å². The first kappa shape index (κ1) is 17.2. The molecule has 3 rings (SSSR count). The van der Waals surface area contributed by atoms with Crippen molar-refractivity contribution in [2.75, 3.05) is 17.7 Å². The minimum atomic E-state index is -0.340. The highest BCUT2D eigenvalue weighted by atomic mass is 16.5. The molecule has 26 heavy (non-hydrogen) atoms. The van der Waals surface area contributed by atoms with Crippen LogP contribution >= 0.6 is 0 Å². The highest BCUT2D eigenvalue weighted by molar-refractivity contribution is 5.99. The van der Waals surface area contributed by atoms with Gasteiger partial charge in [0.05, 0.1) is 12.8 Å². The third-order valence-electron chi connectivity index (χ3n) is 3.46. The molecule has 0 aliphatic carbocycles. The standard InChI is InChI=1S/C19H18N4O3/c1-13-3-12-18(23-22-13)26-17-10-6-15(7-11-17)21-19(24)20-14-4-8-16(25-2)9-5-14/h3-12H,1-2H3,(H2,20,21,24). The van der Waals surface area contributed by atoms with Gasteiger partial charge in [-0.2, -0.15) is 5.10 Å². The second-order valence-corrected chi connectivity index (χ2v) is 5.45. The fourth-order valence-corrected chi connectivity index (χ4v) is 2.14. The SMILES string of the molecule is COc1ccc(NC(=O)Nc2ccc(Oc3ccc(C)nn3)cc2)cc1. The van der Waals surface area contributed by atoms with Crippen molar-refractivity contribution in [1.82, 2.24) is 10.2 Å². The molecule has 0 radical (unpaired) electrons. The molecule has 2 aromatic carbocycles. The molecule has 7 heteroatoms. The topological polar surface area (TPSA) is 85.4 Å². The molecule has 7 nitrogen and oxygen atoms in total. The Labute approximate surface area is 151 Å². The lowest BCUT2D eigenvalue weighted by molar-refractivity contribution is 0.262. The van der Waals surface area contributed by atoms with E-state index in [1.807, 2.05) is 13.0 Å². The second-order valence-electron chi connectivity index (χ2n) is 5.45. The smallest absolute Gasteiger partial charge is 0.323 e. The van der Waals surface area contributed by atoms with Gasteiger partial charge in [0.25, 0.3) is 0 Å². The van der Waals surface area contributed by atoms with Crippen LogP contribution in [0.4, 0.5) is 16.2 Å². The maximum absolute atomic E-state index is 12.0. The van der Waals surface area contributed by atoms with E-state index in [4.69, 9.17) is 9.47 Å². The van der Waals surface area contributed by atoms with Crippen molar-refractivity contribution >= 4 is 17.4 Å². The van der Waals surface area contributed by atoms with Gasteiger partial charge in [0.15, 0.2) is 0 Å². The molecule has 3 aromatic rings. The predicted octanol–water partition coefficient (Wildman–Crippen LogP) is 4.23. The summed E-state index contributed by atoms with van der Waals surface area (Å²) in [7, 11) is 1.59. The number of benzene rings is 2. The molecular formula is C19H18N4O3. The largest absolute Gasteiger partial charge is 0.497 e. The zero-order chi connectivity index (χ0) is 18.4. The van der Waals surface area contributed by atoms with Gasteiger partial charge in [-0.25, -0.2) is 4.79 Å². The van der Waals surface area contributed by atoms with E-state index in [0.717, 1.165) is 11.4 Å². The molecule has 2 N–H and O–H groups in total. The Balaban J connectivity index is 1.56. The summed E-state index contributed by atoms with van der Waals surface area (Å²) in [6.45, 7) is 1.86. The third kappa shape index (κ3) is 4.70. The Hall–Kier alpha value is -3.61. The molecule has 1 aromatic heterocycles. The van der Waals surface area contributed by atoms with Crippen molar-refractivity contribution in [2.24, 2.45) is 0 Å². The number of hydrogen-bond donors (Lipinski definition) is 2. The van der Waals surface area contributed by atoms with Crippen molar-refractivity contribution in [3.8, 4) is 17.4 Å². The molecule has 0 spiro atoms. The van der Waals surface area contributed by atoms with Gasteiger partial charge in [-0.15, -0.1) is 5.10 Å². The Morgan fingerprint density at radius 2 is 1.38 bits per heavy atom. The normalized spacial score (nSPS) is 10.1. The molecular weight excluding hydrogens is 332 g/mol. The Morgan fingerprint density at radius 1 is 0.808 bits per heavy atom. The number of methoxy groups -OCH3 is 1. The maximum atomic E-state index is 12.0. The molecule has 2 amide bonds. The minimum Gasteiger partial charge on any atom is -0.497 e. The molecule has 1 heterocycles. The van der Waals surface area contributed by atoms with Crippen LogP contribution in [0.3, 0.4) is 0 Å². The van der Waals surface area contributed by atoms with Gasteiger partial charge >= 0.3 is 6.03 Å². The number of carbonyl (C=O) groups excluding carboxylic acids is 1. The summed E-state index contributed by atoms with van der Waals surface area (Å²) in [4.78, 5) is 12.0. The Morgan fingerprint density at radius 3 is 1.88 bits per heavy atom. The number of nitrogens with one attached hydrogen (secondary N) is 2. The predicted molar refractivity (Wildman–Crippen MR) is 98.9 cm³/mol. The number of anilines is 2. The van der Waals surface area contributed by atoms with E-state index in [2.05, 4.69) is 20.8 Å². The second kappa shape index (κ2) is 7.98. The lowest BCUT2D eigenvalue weighted by Gasteiger charge is -2.09. The molecule has 0 aliphatic rings. The molecule has 132 valence electrons. The highest BCUT2D eigenvalue weighted by Crippen LogP contribution is 2.21. The fraction of sp³-hybridized carbons (Fsp3) is 0.105. The van der Waals surface area contributed by atoms with E-state index in [1.165, 1.54) is 0 Å². The number of urea groups is 1. The number of amides is 2. The number of aromatic nitrogens is 2. The van der Waals surface area contributed by atoms with Crippen LogP contribution < -0.4 is 20.1 Å². The van der Waals surface area contributed by atoms with Crippen LogP contribution in [-0.4, -0.2) is 23.3 Å². The number of hydrogen-bond acceptors (Lipinski definition) is 5. The lowest BCUT2D eigenvalue weighted by atomic mass is 10.3. The van der Waals surface area contributed by atoms with Crippen LogP contribution in [0.15, 0.2) is 60.7 Å². The van der Waals surface area contributed by atoms with E-state index in [0.29, 0.717) is 23.0 Å². The number of ether oxygens (including phenoxy) is 2. The van der Waals surface area contributed by atoms with E-state index in [9.17, 15) is 4.79 Å². The first-order valence-electron chi connectivity index (χ1n) is 7.93. The quantitative estimate of drug-likeness (QED) is 0.719. The third-order valence-corrected chi connectivity index (χ3v) is 3.46. The van der Waals surface area contributed by atoms with Gasteiger partial charge in [-0.05, 0) is 61.5 Å². The fourth-order valence-electron chi connectivity index (χ4n) is 2.14. The average molecular weight is 350 g/mol. The van der Waals surface area contributed by atoms with Crippen molar-refractivity contribution in [3.63, 3.8) is 0 Å². The number of carbonyl (C=O) groups is 1. The molecule has 0 fully saturated rings. The zero-order valence-corrected chi connectivity index (χ0v) is 14.4. The van der Waals surface area contributed by atoms with Crippen LogP contribution in [-0.2, 0) is 0 Å². The van der Waals surface area contributed by atoms with E-state index in [1.54, 1.807) is 61.7 Å². The molecule has 0 saturated carbocycles. The average Bonchev–Trinajstić information content (AvgIpc) is 2.66. The number of aryl methyl sites for hydroxylation is 1. The zero-order valence-electron chi connectivity index (χ0n) is 14.4. The summed E-state index contributed by atoms with van der Waals surface area (Å²) in [5, 5.41) is 13.4. The Bertz CT molecular complexity index is 863. The van der Waals surface area contributed by atoms with Gasteiger partial charge in [-0.1, -0.05) is 0 Å². The molecule has 0 bridgehead atoms. The van der Waals surface area contributed by atoms with Crippen molar-refractivity contribution < 1.29 is 14.3 Å². The van der Waals surface area contributed by atoms with Gasteiger partial charge in [0.2, 0.25) is 5.88 Å². The van der Waals surface area contributed by atoms with Crippen LogP contribution in [0.2, 0.25) is 0 Å². The van der Waals surface area contributed by atoms with Crippen LogP contribution in [0.25, 0.3) is 0 Å². The van der Waals surface area contributed by atoms with Gasteiger partial charge in [0, 0.05) is 17.4 Å². The summed E-state index contributed by atoms with van der Waals surface area (Å²) in [5.74, 6) is 1.74. The highest BCUT2D eigenvalue weighted by Gasteiger charge is 2.04. The molecule has 0 saturated heterocycles. The lowest BCUT2D eigenvalue weighted by Crippen LogP contribution is -2.19. The summed E-state index contributed by atoms with van der Waals surface area (Å²) in [5.41, 5.74) is 2.12. The van der Waals surface area contributed by atoms with Gasteiger partial charge in [0.1, 0.15) is 11.5 Å². The van der Waals surface area contributed by atoms with E-state index >= 15 is 0 Å². The summed E-state index contributed by atoms with van der Waals surface area (Å²) < 4.78 is 10.7. The van der Waals surface area contributed by atoms with Crippen molar-refractivity contribution in [3.05, 3.63) is 66.4 Å². The minimum absolute atomic E-state index is 0.340. The Kier molecular flexibility index (Phi) is 5.28. The number of nitrogens with zero attached hydrogens (tertiary/aromatic N) is 2. The maximum Gasteiger partial charge on any atom is 0.323 e. The summed E-state index contributed by atoms with van der Waals surface area (Å²) in [6.07, 6.45) is 0. The molecule has 0 unspecified atom stereocenters. The van der Waals surface area contributed by atoms with Gasteiger partial charge < -0.3 is 20.1 Å². The van der Waals surface area contributed by atoms with Crippen LogP contribution in [0.1, 0.15) is 5.69 Å². The summed E-state index contributed by atoms with van der Waals surface area (Å²) >= 11 is 0. The first-order valence-corrected chi connectivity index (χ1v) is 7.93. The van der Waals surface area contributed by atoms with Crippen molar-refractivity contribution in [1.29, 1.82) is 0 Å². The van der Waals surface area contributed by atoms with Crippen LogP contribution in [0.5, 0.6) is 17.4 Å². The summed E-state index contributed by atoms with van der Waals surface area (Å²) in [6, 6.07) is 17.3. The van der Waals surface area contributed by atoms with Crippen LogP contribution in [0, 0.1) is 6.92 Å². The van der Waals surface area contributed by atoms with E-state index < -0.39 is 0 Å². The monoisotopic (exact) mass is 350 g/mol. The van der Waals surface area contributed by atoms with Gasteiger partial charge in [-0.3, -0.25) is 0 Å².